The molecule has 2 saturated heterocycles. The van der Waals surface area contributed by atoms with Crippen molar-refractivity contribution in [2.24, 2.45) is 5.73 Å². The van der Waals surface area contributed by atoms with Gasteiger partial charge < -0.3 is 20.3 Å². The summed E-state index contributed by atoms with van der Waals surface area (Å²) >= 11 is 0. The molecule has 6 nitrogen and oxygen atoms in total. The largest absolute Gasteiger partial charge is 0.477 e. The molecule has 3 aliphatic rings. The molecule has 3 atom stereocenters. The molecule has 1 aromatic carbocycles. The number of carbonyl (C=O) groups is 1. The van der Waals surface area contributed by atoms with E-state index in [0.717, 1.165) is 31.7 Å². The van der Waals surface area contributed by atoms with E-state index in [9.17, 15) is 14.7 Å². The Kier molecular flexibility index (Phi) is 3.78. The van der Waals surface area contributed by atoms with Gasteiger partial charge in [-0.1, -0.05) is 0 Å². The van der Waals surface area contributed by atoms with Crippen molar-refractivity contribution in [2.75, 3.05) is 4.90 Å². The number of carboxylic acids is 1. The van der Waals surface area contributed by atoms with Crippen molar-refractivity contribution < 1.29 is 18.7 Å². The van der Waals surface area contributed by atoms with E-state index in [1.54, 1.807) is 4.90 Å². The number of aromatic carboxylic acids is 1. The Bertz CT molecular complexity index is 1050. The molecule has 0 amide bonds. The van der Waals surface area contributed by atoms with Gasteiger partial charge in [0.15, 0.2) is 5.82 Å². The van der Waals surface area contributed by atoms with E-state index in [4.69, 9.17) is 5.73 Å². The quantitative estimate of drug-likeness (QED) is 0.843. The summed E-state index contributed by atoms with van der Waals surface area (Å²) in [5.74, 6) is -2.99. The molecule has 8 heteroatoms. The number of piperidine rings is 1. The summed E-state index contributed by atoms with van der Waals surface area (Å²) in [4.78, 5) is 25.8. The van der Waals surface area contributed by atoms with E-state index in [-0.39, 0.29) is 40.8 Å². The number of benzene rings is 1. The molecular weight excluding hydrogens is 368 g/mol. The van der Waals surface area contributed by atoms with Crippen LogP contribution in [0.1, 0.15) is 54.9 Å². The highest BCUT2D eigenvalue weighted by atomic mass is 19.1. The highest BCUT2D eigenvalue weighted by Gasteiger charge is 2.42. The lowest BCUT2D eigenvalue weighted by molar-refractivity contribution is 0.0695. The maximum atomic E-state index is 15.7. The van der Waals surface area contributed by atoms with Crippen molar-refractivity contribution in [1.82, 2.24) is 4.57 Å². The van der Waals surface area contributed by atoms with Crippen LogP contribution in [-0.2, 0) is 0 Å². The van der Waals surface area contributed by atoms with Crippen LogP contribution in [0.4, 0.5) is 14.5 Å². The highest BCUT2D eigenvalue weighted by Crippen LogP contribution is 2.44. The van der Waals surface area contributed by atoms with Gasteiger partial charge >= 0.3 is 5.97 Å². The molecule has 3 heterocycles. The predicted molar refractivity (Wildman–Crippen MR) is 99.9 cm³/mol. The molecule has 1 aliphatic carbocycles. The molecule has 2 aromatic rings. The summed E-state index contributed by atoms with van der Waals surface area (Å²) in [5, 5.41) is 9.11. The SMILES string of the molecule is NC1C[C@H]2CC[C@@H](C1)N2c1c(F)cc2c(=O)c(C(=O)O)cn(C3CC3)c2c1F. The monoisotopic (exact) mass is 389 g/mol. The summed E-state index contributed by atoms with van der Waals surface area (Å²) in [5.41, 5.74) is 4.66. The van der Waals surface area contributed by atoms with Gasteiger partial charge in [0, 0.05) is 30.4 Å². The fourth-order valence-corrected chi connectivity index (χ4v) is 5.05. The fourth-order valence-electron chi connectivity index (χ4n) is 5.05. The fraction of sp³-hybridized carbons (Fsp3) is 0.500. The summed E-state index contributed by atoms with van der Waals surface area (Å²) in [7, 11) is 0. The first-order valence-electron chi connectivity index (χ1n) is 9.71. The van der Waals surface area contributed by atoms with Crippen LogP contribution >= 0.6 is 0 Å². The zero-order chi connectivity index (χ0) is 19.7. The van der Waals surface area contributed by atoms with Crippen LogP contribution in [-0.4, -0.2) is 33.8 Å². The van der Waals surface area contributed by atoms with E-state index in [2.05, 4.69) is 0 Å². The van der Waals surface area contributed by atoms with Crippen LogP contribution in [0.3, 0.4) is 0 Å². The number of carboxylic acid groups (broad SMARTS) is 1. The minimum Gasteiger partial charge on any atom is -0.477 e. The molecule has 3 fully saturated rings. The zero-order valence-electron chi connectivity index (χ0n) is 15.2. The minimum absolute atomic E-state index is 0.00294. The second-order valence-corrected chi connectivity index (χ2v) is 8.26. The summed E-state index contributed by atoms with van der Waals surface area (Å²) < 4.78 is 32.3. The second-order valence-electron chi connectivity index (χ2n) is 8.26. The van der Waals surface area contributed by atoms with Crippen LogP contribution in [0.5, 0.6) is 0 Å². The normalized spacial score (nSPS) is 26.8. The average Bonchev–Trinajstić information content (AvgIpc) is 3.43. The Morgan fingerprint density at radius 2 is 1.71 bits per heavy atom. The molecule has 0 radical (unpaired) electrons. The van der Waals surface area contributed by atoms with Gasteiger partial charge in [-0.25, -0.2) is 13.6 Å². The number of aromatic nitrogens is 1. The molecule has 5 rings (SSSR count). The number of halogens is 2. The average molecular weight is 389 g/mol. The molecule has 3 N–H and O–H groups in total. The van der Waals surface area contributed by atoms with Crippen LogP contribution in [0.25, 0.3) is 10.9 Å². The lowest BCUT2D eigenvalue weighted by Crippen LogP contribution is -2.48. The van der Waals surface area contributed by atoms with E-state index >= 15 is 8.78 Å². The molecule has 2 bridgehead atoms. The van der Waals surface area contributed by atoms with Crippen molar-refractivity contribution in [3.8, 4) is 0 Å². The third-order valence-corrected chi connectivity index (χ3v) is 6.38. The minimum atomic E-state index is -1.39. The molecule has 148 valence electrons. The van der Waals surface area contributed by atoms with Crippen molar-refractivity contribution in [2.45, 2.75) is 62.7 Å². The van der Waals surface area contributed by atoms with Gasteiger partial charge in [0.1, 0.15) is 17.1 Å². The van der Waals surface area contributed by atoms with Gasteiger partial charge in [-0.2, -0.15) is 0 Å². The Labute approximate surface area is 159 Å². The zero-order valence-corrected chi connectivity index (χ0v) is 15.2. The third-order valence-electron chi connectivity index (χ3n) is 6.38. The van der Waals surface area contributed by atoms with E-state index < -0.39 is 28.6 Å². The smallest absolute Gasteiger partial charge is 0.341 e. The number of rotatable bonds is 3. The van der Waals surface area contributed by atoms with Crippen LogP contribution in [0, 0.1) is 11.6 Å². The summed E-state index contributed by atoms with van der Waals surface area (Å²) in [6.45, 7) is 0. The van der Waals surface area contributed by atoms with Gasteiger partial charge in [-0.05, 0) is 44.6 Å². The van der Waals surface area contributed by atoms with Gasteiger partial charge in [0.05, 0.1) is 10.9 Å². The molecule has 28 heavy (non-hydrogen) atoms. The first kappa shape index (κ1) is 17.6. The Hall–Kier alpha value is -2.48. The molecular formula is C20H21F2N3O3. The first-order chi connectivity index (χ1) is 13.4. The van der Waals surface area contributed by atoms with E-state index in [1.807, 2.05) is 0 Å². The predicted octanol–water partition coefficient (Wildman–Crippen LogP) is 2.77. The van der Waals surface area contributed by atoms with E-state index in [0.29, 0.717) is 12.8 Å². The molecule has 1 saturated carbocycles. The Morgan fingerprint density at radius 3 is 2.29 bits per heavy atom. The lowest BCUT2D eigenvalue weighted by atomic mass is 9.96. The number of hydrogen-bond donors (Lipinski definition) is 2. The summed E-state index contributed by atoms with van der Waals surface area (Å²) in [6.07, 6.45) is 5.78. The maximum Gasteiger partial charge on any atom is 0.341 e. The Balaban J connectivity index is 1.77. The van der Waals surface area contributed by atoms with E-state index in [1.165, 1.54) is 10.8 Å². The highest BCUT2D eigenvalue weighted by molar-refractivity contribution is 5.94. The van der Waals surface area contributed by atoms with Gasteiger partial charge in [-0.3, -0.25) is 4.79 Å². The number of hydrogen-bond acceptors (Lipinski definition) is 4. The summed E-state index contributed by atoms with van der Waals surface area (Å²) in [6, 6.07) is 0.933. The third kappa shape index (κ3) is 2.47. The molecule has 1 unspecified atom stereocenters. The van der Waals surface area contributed by atoms with Gasteiger partial charge in [-0.15, -0.1) is 0 Å². The maximum absolute atomic E-state index is 15.7. The molecule has 1 aromatic heterocycles. The Morgan fingerprint density at radius 1 is 1.11 bits per heavy atom. The van der Waals surface area contributed by atoms with Crippen molar-refractivity contribution >= 4 is 22.6 Å². The molecule has 2 aliphatic heterocycles. The second kappa shape index (κ2) is 6.01. The first-order valence-corrected chi connectivity index (χ1v) is 9.71. The number of nitrogens with zero attached hydrogens (tertiary/aromatic N) is 2. The van der Waals surface area contributed by atoms with Gasteiger partial charge in [0.25, 0.3) is 0 Å². The van der Waals surface area contributed by atoms with Gasteiger partial charge in [0.2, 0.25) is 5.43 Å². The van der Waals surface area contributed by atoms with Crippen molar-refractivity contribution in [3.63, 3.8) is 0 Å². The molecule has 0 spiro atoms. The van der Waals surface area contributed by atoms with Crippen LogP contribution in [0.2, 0.25) is 0 Å². The number of fused-ring (bicyclic) bond motifs is 3. The lowest BCUT2D eigenvalue weighted by Gasteiger charge is -2.39. The van der Waals surface area contributed by atoms with Crippen LogP contribution in [0.15, 0.2) is 17.1 Å². The number of pyridine rings is 1. The number of nitrogens with two attached hydrogens (primary N) is 1. The van der Waals surface area contributed by atoms with Crippen LogP contribution < -0.4 is 16.1 Å². The number of anilines is 1. The topological polar surface area (TPSA) is 88.6 Å². The van der Waals surface area contributed by atoms with Crippen molar-refractivity contribution in [1.29, 1.82) is 0 Å². The standard InChI is InChI=1S/C20H21F2N3O3/c21-15-7-13-17(24(10-1-2-10)8-14(19(13)26)20(27)28)16(22)18(15)25-11-3-4-12(25)6-9(23)5-11/h7-12H,1-6,23H2,(H,27,28)/t9?,11-,12+. The van der Waals surface area contributed by atoms with Crippen molar-refractivity contribution in [3.05, 3.63) is 39.7 Å².